The fourth-order valence-corrected chi connectivity index (χ4v) is 1.80. The molecule has 2 aromatic rings. The molecule has 1 aromatic carbocycles. The van der Waals surface area contributed by atoms with E-state index in [4.69, 9.17) is 16.3 Å². The zero-order valence-electron chi connectivity index (χ0n) is 10.2. The Hall–Kier alpha value is -1.81. The molecule has 0 spiro atoms. The van der Waals surface area contributed by atoms with Crippen molar-refractivity contribution in [3.05, 3.63) is 35.0 Å². The molecule has 0 N–H and O–H groups in total. The van der Waals surface area contributed by atoms with E-state index in [-0.39, 0.29) is 0 Å². The highest BCUT2D eigenvalue weighted by atomic mass is 35.5. The third-order valence-electron chi connectivity index (χ3n) is 2.38. The number of hydrogen-bond donors (Lipinski definition) is 0. The van der Waals surface area contributed by atoms with Gasteiger partial charge in [0, 0.05) is 10.9 Å². The number of pyridine rings is 1. The maximum Gasteiger partial charge on any atom is 0.138 e. The summed E-state index contributed by atoms with van der Waals surface area (Å²) < 4.78 is 5.45. The molecule has 0 fully saturated rings. The summed E-state index contributed by atoms with van der Waals surface area (Å²) in [6.45, 7) is 2.57. The lowest BCUT2D eigenvalue weighted by molar-refractivity contribution is 0.215. The summed E-state index contributed by atoms with van der Waals surface area (Å²) in [4.78, 5) is 8.93. The Morgan fingerprint density at radius 1 is 1.39 bits per heavy atom. The molecule has 0 radical (unpaired) electrons. The van der Waals surface area contributed by atoms with Crippen LogP contribution in [-0.4, -0.2) is 24.9 Å². The fourth-order valence-electron chi connectivity index (χ4n) is 1.60. The number of fused-ring (bicyclic) bond motifs is 1. The molecule has 0 aliphatic rings. The van der Waals surface area contributed by atoms with Gasteiger partial charge in [-0.2, -0.15) is 0 Å². The predicted molar refractivity (Wildman–Crippen MR) is 72.5 cm³/mol. The van der Waals surface area contributed by atoms with Crippen LogP contribution in [-0.2, 0) is 4.84 Å². The van der Waals surface area contributed by atoms with Crippen molar-refractivity contribution in [2.75, 3.05) is 13.7 Å². The lowest BCUT2D eigenvalue weighted by Crippen LogP contribution is -1.93. The van der Waals surface area contributed by atoms with Crippen LogP contribution in [0.4, 0.5) is 0 Å². The number of hydrogen-bond acceptors (Lipinski definition) is 4. The van der Waals surface area contributed by atoms with Gasteiger partial charge in [0.25, 0.3) is 0 Å². The first-order valence-corrected chi connectivity index (χ1v) is 5.92. The van der Waals surface area contributed by atoms with Crippen molar-refractivity contribution >= 4 is 28.7 Å². The lowest BCUT2D eigenvalue weighted by Gasteiger charge is -2.05. The van der Waals surface area contributed by atoms with Crippen LogP contribution in [0.5, 0.6) is 5.75 Å². The normalized spacial score (nSPS) is 11.1. The molecule has 0 atom stereocenters. The van der Waals surface area contributed by atoms with Crippen LogP contribution in [0, 0.1) is 0 Å². The van der Waals surface area contributed by atoms with Gasteiger partial charge in [0.05, 0.1) is 18.3 Å². The minimum absolute atomic E-state index is 0.396. The third kappa shape index (κ3) is 2.71. The molecule has 4 nitrogen and oxygen atoms in total. The van der Waals surface area contributed by atoms with Crippen molar-refractivity contribution in [3.8, 4) is 5.75 Å². The SMILES string of the molecule is CCOc1ccc2nc(Cl)c(/C=N/OC)cc2c1. The van der Waals surface area contributed by atoms with Crippen LogP contribution in [0.25, 0.3) is 10.9 Å². The standard InChI is InChI=1S/C13H13ClN2O2/c1-3-18-11-4-5-12-9(7-11)6-10(8-15-17-2)13(14)16-12/h4-8H,3H2,1-2H3/b15-8+. The van der Waals surface area contributed by atoms with Gasteiger partial charge >= 0.3 is 0 Å². The zero-order valence-corrected chi connectivity index (χ0v) is 10.9. The molecular formula is C13H13ClN2O2. The summed E-state index contributed by atoms with van der Waals surface area (Å²) in [6.07, 6.45) is 1.53. The molecule has 0 bridgehead atoms. The van der Waals surface area contributed by atoms with Gasteiger partial charge in [0.1, 0.15) is 18.0 Å². The van der Waals surface area contributed by atoms with Crippen LogP contribution in [0.2, 0.25) is 5.15 Å². The number of benzene rings is 1. The molecule has 2 rings (SSSR count). The second-order valence-electron chi connectivity index (χ2n) is 3.57. The molecule has 18 heavy (non-hydrogen) atoms. The first-order chi connectivity index (χ1) is 8.74. The van der Waals surface area contributed by atoms with Gasteiger partial charge in [-0.05, 0) is 31.2 Å². The van der Waals surface area contributed by atoms with Gasteiger partial charge in [-0.25, -0.2) is 4.98 Å². The summed E-state index contributed by atoms with van der Waals surface area (Å²) in [6, 6.07) is 7.57. The van der Waals surface area contributed by atoms with Crippen molar-refractivity contribution < 1.29 is 9.57 Å². The van der Waals surface area contributed by atoms with E-state index in [2.05, 4.69) is 15.0 Å². The van der Waals surface area contributed by atoms with E-state index in [0.717, 1.165) is 16.7 Å². The van der Waals surface area contributed by atoms with Crippen molar-refractivity contribution in [3.63, 3.8) is 0 Å². The van der Waals surface area contributed by atoms with Gasteiger partial charge < -0.3 is 9.57 Å². The Morgan fingerprint density at radius 2 is 2.22 bits per heavy atom. The summed E-state index contributed by atoms with van der Waals surface area (Å²) in [5.74, 6) is 0.809. The largest absolute Gasteiger partial charge is 0.494 e. The maximum absolute atomic E-state index is 6.05. The summed E-state index contributed by atoms with van der Waals surface area (Å²) >= 11 is 6.05. The minimum atomic E-state index is 0.396. The lowest BCUT2D eigenvalue weighted by atomic mass is 10.1. The number of aromatic nitrogens is 1. The zero-order chi connectivity index (χ0) is 13.0. The van der Waals surface area contributed by atoms with Crippen LogP contribution < -0.4 is 4.74 Å². The smallest absolute Gasteiger partial charge is 0.138 e. The van der Waals surface area contributed by atoms with E-state index in [1.807, 2.05) is 31.2 Å². The third-order valence-corrected chi connectivity index (χ3v) is 2.68. The van der Waals surface area contributed by atoms with E-state index >= 15 is 0 Å². The van der Waals surface area contributed by atoms with Crippen LogP contribution >= 0.6 is 11.6 Å². The number of nitrogens with zero attached hydrogens (tertiary/aromatic N) is 2. The predicted octanol–water partition coefficient (Wildman–Crippen LogP) is 3.27. The first kappa shape index (κ1) is 12.6. The van der Waals surface area contributed by atoms with Crippen molar-refractivity contribution in [1.29, 1.82) is 0 Å². The molecule has 1 heterocycles. The summed E-state index contributed by atoms with van der Waals surface area (Å²) in [5.41, 5.74) is 1.53. The molecule has 94 valence electrons. The Kier molecular flexibility index (Phi) is 3.99. The molecule has 0 saturated heterocycles. The molecule has 0 unspecified atom stereocenters. The number of oxime groups is 1. The van der Waals surface area contributed by atoms with Crippen molar-refractivity contribution in [2.24, 2.45) is 5.16 Å². The topological polar surface area (TPSA) is 43.7 Å². The van der Waals surface area contributed by atoms with Gasteiger partial charge in [0.15, 0.2) is 0 Å². The number of halogens is 1. The molecule has 0 saturated carbocycles. The van der Waals surface area contributed by atoms with E-state index in [1.165, 1.54) is 13.3 Å². The molecule has 5 heteroatoms. The Balaban J connectivity index is 2.48. The number of ether oxygens (including phenoxy) is 1. The molecule has 0 amide bonds. The van der Waals surface area contributed by atoms with Crippen LogP contribution in [0.15, 0.2) is 29.4 Å². The monoisotopic (exact) mass is 264 g/mol. The van der Waals surface area contributed by atoms with Crippen LogP contribution in [0.1, 0.15) is 12.5 Å². The van der Waals surface area contributed by atoms with E-state index in [1.54, 1.807) is 0 Å². The van der Waals surface area contributed by atoms with Crippen molar-refractivity contribution in [2.45, 2.75) is 6.92 Å². The highest BCUT2D eigenvalue weighted by molar-refractivity contribution is 6.32. The molecular weight excluding hydrogens is 252 g/mol. The fraction of sp³-hybridized carbons (Fsp3) is 0.231. The van der Waals surface area contributed by atoms with E-state index < -0.39 is 0 Å². The Bertz CT molecular complexity index is 584. The first-order valence-electron chi connectivity index (χ1n) is 5.54. The van der Waals surface area contributed by atoms with Gasteiger partial charge in [-0.1, -0.05) is 16.8 Å². The second-order valence-corrected chi connectivity index (χ2v) is 3.93. The van der Waals surface area contributed by atoms with E-state index in [9.17, 15) is 0 Å². The van der Waals surface area contributed by atoms with E-state index in [0.29, 0.717) is 17.3 Å². The van der Waals surface area contributed by atoms with Gasteiger partial charge in [0.2, 0.25) is 0 Å². The summed E-state index contributed by atoms with van der Waals surface area (Å²) in [7, 11) is 1.48. The highest BCUT2D eigenvalue weighted by Gasteiger charge is 2.04. The van der Waals surface area contributed by atoms with Crippen molar-refractivity contribution in [1.82, 2.24) is 4.98 Å². The highest BCUT2D eigenvalue weighted by Crippen LogP contribution is 2.23. The molecule has 0 aliphatic carbocycles. The minimum Gasteiger partial charge on any atom is -0.494 e. The second kappa shape index (κ2) is 5.69. The maximum atomic E-state index is 6.05. The molecule has 0 aliphatic heterocycles. The van der Waals surface area contributed by atoms with Gasteiger partial charge in [-0.15, -0.1) is 0 Å². The molecule has 1 aromatic heterocycles. The van der Waals surface area contributed by atoms with Crippen LogP contribution in [0.3, 0.4) is 0 Å². The Labute approximate surface area is 110 Å². The quantitative estimate of drug-likeness (QED) is 0.484. The van der Waals surface area contributed by atoms with Gasteiger partial charge in [-0.3, -0.25) is 0 Å². The number of rotatable bonds is 4. The Morgan fingerprint density at radius 3 is 2.94 bits per heavy atom. The average Bonchev–Trinajstić information content (AvgIpc) is 2.37. The average molecular weight is 265 g/mol. The summed E-state index contributed by atoms with van der Waals surface area (Å²) in [5, 5.41) is 5.03.